The number of halogens is 3. The van der Waals surface area contributed by atoms with Crippen molar-refractivity contribution in [1.29, 1.82) is 0 Å². The predicted molar refractivity (Wildman–Crippen MR) is 85.5 cm³/mol. The molecule has 1 saturated heterocycles. The maximum atomic E-state index is 13.4. The minimum atomic E-state index is -4.52. The highest BCUT2D eigenvalue weighted by Gasteiger charge is 2.35. The average molecular weight is 353 g/mol. The number of aromatic carboxylic acids is 1. The molecule has 1 fully saturated rings. The minimum absolute atomic E-state index is 0.00461. The fourth-order valence-corrected chi connectivity index (χ4v) is 3.32. The predicted octanol–water partition coefficient (Wildman–Crippen LogP) is 4.36. The van der Waals surface area contributed by atoms with Crippen molar-refractivity contribution in [2.75, 3.05) is 6.61 Å². The molecule has 1 N–H and O–H groups in total. The summed E-state index contributed by atoms with van der Waals surface area (Å²) in [4.78, 5) is 11.5. The van der Waals surface area contributed by atoms with Gasteiger partial charge in [-0.05, 0) is 31.4 Å². The standard InChI is InChI=1S/C18H18F3NO3/c1-11-14(17(23)24)10-22(9-12-5-4-8-25-12)16(11)13-6-2-3-7-15(13)18(19,20)21/h2-3,6-7,10,12H,4-5,8-9H2,1H3,(H,23,24). The van der Waals surface area contributed by atoms with E-state index in [9.17, 15) is 23.1 Å². The van der Waals surface area contributed by atoms with Crippen LogP contribution in [-0.4, -0.2) is 28.4 Å². The van der Waals surface area contributed by atoms with Crippen LogP contribution in [0.4, 0.5) is 13.2 Å². The number of hydrogen-bond acceptors (Lipinski definition) is 2. The summed E-state index contributed by atoms with van der Waals surface area (Å²) in [6.07, 6.45) is -1.54. The number of carboxylic acid groups (broad SMARTS) is 1. The smallest absolute Gasteiger partial charge is 0.417 e. The minimum Gasteiger partial charge on any atom is -0.478 e. The van der Waals surface area contributed by atoms with Gasteiger partial charge in [-0.3, -0.25) is 0 Å². The highest BCUT2D eigenvalue weighted by molar-refractivity contribution is 5.92. The van der Waals surface area contributed by atoms with Gasteiger partial charge in [0.1, 0.15) is 0 Å². The molecule has 134 valence electrons. The fourth-order valence-electron chi connectivity index (χ4n) is 3.32. The van der Waals surface area contributed by atoms with Gasteiger partial charge in [-0.15, -0.1) is 0 Å². The third kappa shape index (κ3) is 3.42. The molecule has 4 nitrogen and oxygen atoms in total. The molecule has 1 aromatic carbocycles. The first kappa shape index (κ1) is 17.5. The molecule has 0 amide bonds. The Kier molecular flexibility index (Phi) is 4.60. The van der Waals surface area contributed by atoms with Gasteiger partial charge in [0.2, 0.25) is 0 Å². The lowest BCUT2D eigenvalue weighted by atomic mass is 10.00. The number of ether oxygens (including phenoxy) is 1. The molecule has 25 heavy (non-hydrogen) atoms. The highest BCUT2D eigenvalue weighted by Crippen LogP contribution is 2.39. The SMILES string of the molecule is Cc1c(C(=O)O)cn(CC2CCCO2)c1-c1ccccc1C(F)(F)F. The van der Waals surface area contributed by atoms with Crippen molar-refractivity contribution >= 4 is 5.97 Å². The second-order valence-corrected chi connectivity index (χ2v) is 6.15. The van der Waals surface area contributed by atoms with Crippen LogP contribution in [0.5, 0.6) is 0 Å². The summed E-state index contributed by atoms with van der Waals surface area (Å²) in [7, 11) is 0. The molecule has 0 spiro atoms. The Balaban J connectivity index is 2.16. The molecule has 0 bridgehead atoms. The van der Waals surface area contributed by atoms with E-state index in [4.69, 9.17) is 4.74 Å². The van der Waals surface area contributed by atoms with Crippen LogP contribution in [0.15, 0.2) is 30.5 Å². The molecule has 2 heterocycles. The van der Waals surface area contributed by atoms with Crippen LogP contribution in [0.2, 0.25) is 0 Å². The van der Waals surface area contributed by atoms with Crippen molar-refractivity contribution in [3.63, 3.8) is 0 Å². The zero-order valence-corrected chi connectivity index (χ0v) is 13.6. The summed E-state index contributed by atoms with van der Waals surface area (Å²) < 4.78 is 47.4. The topological polar surface area (TPSA) is 51.5 Å². The van der Waals surface area contributed by atoms with E-state index >= 15 is 0 Å². The molecule has 1 aliphatic heterocycles. The molecule has 3 rings (SSSR count). The summed E-state index contributed by atoms with van der Waals surface area (Å²) in [6, 6.07) is 5.24. The number of rotatable bonds is 4. The van der Waals surface area contributed by atoms with Gasteiger partial charge in [0.05, 0.1) is 22.9 Å². The number of benzene rings is 1. The lowest BCUT2D eigenvalue weighted by Crippen LogP contribution is -2.16. The molecule has 0 aliphatic carbocycles. The lowest BCUT2D eigenvalue weighted by molar-refractivity contribution is -0.137. The molecule has 1 aromatic heterocycles. The number of carbonyl (C=O) groups is 1. The molecule has 1 unspecified atom stereocenters. The van der Waals surface area contributed by atoms with E-state index in [-0.39, 0.29) is 22.9 Å². The van der Waals surface area contributed by atoms with E-state index in [0.29, 0.717) is 18.7 Å². The van der Waals surface area contributed by atoms with Crippen molar-refractivity contribution in [1.82, 2.24) is 4.57 Å². The molecule has 1 atom stereocenters. The summed E-state index contributed by atoms with van der Waals surface area (Å²) in [6.45, 7) is 2.48. The van der Waals surface area contributed by atoms with E-state index < -0.39 is 17.7 Å². The van der Waals surface area contributed by atoms with E-state index in [1.54, 1.807) is 4.57 Å². The molecule has 0 radical (unpaired) electrons. The third-order valence-electron chi connectivity index (χ3n) is 4.47. The maximum absolute atomic E-state index is 13.4. The van der Waals surface area contributed by atoms with Gasteiger partial charge >= 0.3 is 12.1 Å². The Bertz CT molecular complexity index is 789. The molecule has 0 saturated carbocycles. The Hall–Kier alpha value is -2.28. The second-order valence-electron chi connectivity index (χ2n) is 6.15. The molecule has 7 heteroatoms. The van der Waals surface area contributed by atoms with Crippen molar-refractivity contribution in [2.24, 2.45) is 0 Å². The summed E-state index contributed by atoms with van der Waals surface area (Å²) in [5.74, 6) is -1.16. The number of nitrogens with zero attached hydrogens (tertiary/aromatic N) is 1. The van der Waals surface area contributed by atoms with Crippen LogP contribution in [0.1, 0.15) is 34.3 Å². The van der Waals surface area contributed by atoms with Crippen LogP contribution < -0.4 is 0 Å². The number of hydrogen-bond donors (Lipinski definition) is 1. The Morgan fingerprint density at radius 1 is 1.36 bits per heavy atom. The molecular formula is C18H18F3NO3. The second kappa shape index (κ2) is 6.55. The first-order valence-corrected chi connectivity index (χ1v) is 8.00. The first-order valence-electron chi connectivity index (χ1n) is 8.00. The van der Waals surface area contributed by atoms with E-state index in [0.717, 1.165) is 18.9 Å². The first-order chi connectivity index (χ1) is 11.8. The van der Waals surface area contributed by atoms with E-state index in [2.05, 4.69) is 0 Å². The Morgan fingerprint density at radius 3 is 2.68 bits per heavy atom. The van der Waals surface area contributed by atoms with Crippen LogP contribution >= 0.6 is 0 Å². The third-order valence-corrected chi connectivity index (χ3v) is 4.47. The van der Waals surface area contributed by atoms with Crippen LogP contribution in [0.3, 0.4) is 0 Å². The summed E-state index contributed by atoms with van der Waals surface area (Å²) in [5.41, 5.74) is -0.187. The van der Waals surface area contributed by atoms with E-state index in [1.807, 2.05) is 0 Å². The van der Waals surface area contributed by atoms with Gasteiger partial charge in [0.25, 0.3) is 0 Å². The van der Waals surface area contributed by atoms with Crippen molar-refractivity contribution in [2.45, 2.75) is 38.6 Å². The van der Waals surface area contributed by atoms with Crippen molar-refractivity contribution < 1.29 is 27.8 Å². The van der Waals surface area contributed by atoms with Gasteiger partial charge in [-0.1, -0.05) is 18.2 Å². The number of aromatic nitrogens is 1. The molecular weight excluding hydrogens is 335 g/mol. The van der Waals surface area contributed by atoms with Crippen LogP contribution in [-0.2, 0) is 17.5 Å². The van der Waals surface area contributed by atoms with Crippen LogP contribution in [0, 0.1) is 6.92 Å². The number of carboxylic acids is 1. The monoisotopic (exact) mass is 353 g/mol. The van der Waals surface area contributed by atoms with E-state index in [1.165, 1.54) is 31.3 Å². The normalized spacial score (nSPS) is 17.8. The molecule has 1 aliphatic rings. The zero-order chi connectivity index (χ0) is 18.2. The Labute approximate surface area is 142 Å². The van der Waals surface area contributed by atoms with Gasteiger partial charge in [-0.2, -0.15) is 13.2 Å². The van der Waals surface area contributed by atoms with Gasteiger partial charge < -0.3 is 14.4 Å². The summed E-state index contributed by atoms with van der Waals surface area (Å²) >= 11 is 0. The van der Waals surface area contributed by atoms with Crippen molar-refractivity contribution in [3.8, 4) is 11.3 Å². The largest absolute Gasteiger partial charge is 0.478 e. The highest BCUT2D eigenvalue weighted by atomic mass is 19.4. The van der Waals surface area contributed by atoms with Gasteiger partial charge in [0, 0.05) is 24.9 Å². The maximum Gasteiger partial charge on any atom is 0.417 e. The van der Waals surface area contributed by atoms with Crippen molar-refractivity contribution in [3.05, 3.63) is 47.2 Å². The van der Waals surface area contributed by atoms with Gasteiger partial charge in [-0.25, -0.2) is 4.79 Å². The summed E-state index contributed by atoms with van der Waals surface area (Å²) in [5, 5.41) is 9.37. The Morgan fingerprint density at radius 2 is 2.08 bits per heavy atom. The quantitative estimate of drug-likeness (QED) is 0.889. The fraction of sp³-hybridized carbons (Fsp3) is 0.389. The van der Waals surface area contributed by atoms with Gasteiger partial charge in [0.15, 0.2) is 0 Å². The zero-order valence-electron chi connectivity index (χ0n) is 13.6. The number of alkyl halides is 3. The van der Waals surface area contributed by atoms with Crippen LogP contribution in [0.25, 0.3) is 11.3 Å². The average Bonchev–Trinajstić information content (AvgIpc) is 3.15. The molecule has 2 aromatic rings. The lowest BCUT2D eigenvalue weighted by Gasteiger charge is -2.18.